The number of amides is 1. The molecule has 1 aliphatic rings. The van der Waals surface area contributed by atoms with Crippen molar-refractivity contribution in [2.45, 2.75) is 13.0 Å². The Kier molecular flexibility index (Phi) is 6.73. The molecule has 0 bridgehead atoms. The predicted octanol–water partition coefficient (Wildman–Crippen LogP) is 3.51. The molecule has 1 saturated heterocycles. The van der Waals surface area contributed by atoms with Crippen molar-refractivity contribution in [1.29, 1.82) is 0 Å². The molecule has 1 fully saturated rings. The highest BCUT2D eigenvalue weighted by Gasteiger charge is 2.30. The van der Waals surface area contributed by atoms with E-state index in [-0.39, 0.29) is 34.3 Å². The molecule has 160 valence electrons. The Balaban J connectivity index is 1.67. The molecule has 1 N–H and O–H groups in total. The molecule has 1 amide bonds. The number of rotatable bonds is 8. The number of thiocarbonyl (C=S) groups is 1. The quantitative estimate of drug-likeness (QED) is 0.221. The molecule has 1 aromatic heterocycles. The second-order valence-corrected chi connectivity index (χ2v) is 6.57. The van der Waals surface area contributed by atoms with E-state index in [4.69, 9.17) is 26.1 Å². The maximum absolute atomic E-state index is 13.6. The minimum atomic E-state index is -1.65. The lowest BCUT2D eigenvalue weighted by atomic mass is 10.3. The molecule has 1 aliphatic heterocycles. The fourth-order valence-corrected chi connectivity index (χ4v) is 2.94. The zero-order chi connectivity index (χ0) is 21.8. The highest BCUT2D eigenvalue weighted by Crippen LogP contribution is 2.27. The summed E-state index contributed by atoms with van der Waals surface area (Å²) in [6, 6.07) is 2.99. The minimum Gasteiger partial charge on any atom is -0.479 e. The number of methoxy groups -OCH3 is 1. The summed E-state index contributed by atoms with van der Waals surface area (Å²) in [5.74, 6) is -7.64. The van der Waals surface area contributed by atoms with E-state index in [1.807, 2.05) is 0 Å². The Morgan fingerprint density at radius 1 is 1.20 bits per heavy atom. The van der Waals surface area contributed by atoms with Crippen LogP contribution in [0.1, 0.15) is 17.9 Å². The van der Waals surface area contributed by atoms with Gasteiger partial charge in [0.05, 0.1) is 0 Å². The van der Waals surface area contributed by atoms with Gasteiger partial charge in [-0.3, -0.25) is 9.69 Å². The highest BCUT2D eigenvalue weighted by molar-refractivity contribution is 7.80. The van der Waals surface area contributed by atoms with Gasteiger partial charge in [-0.25, -0.2) is 8.78 Å². The Morgan fingerprint density at radius 2 is 1.90 bits per heavy atom. The molecular formula is C19H16F4N2O4S. The molecule has 0 atom stereocenters. The molecule has 0 unspecified atom stereocenters. The normalized spacial score (nSPS) is 15.2. The molecule has 30 heavy (non-hydrogen) atoms. The van der Waals surface area contributed by atoms with Crippen LogP contribution >= 0.6 is 12.2 Å². The summed E-state index contributed by atoms with van der Waals surface area (Å²) in [7, 11) is 1.56. The lowest BCUT2D eigenvalue weighted by molar-refractivity contribution is -0.122. The van der Waals surface area contributed by atoms with Crippen molar-refractivity contribution in [1.82, 2.24) is 10.2 Å². The molecule has 0 spiro atoms. The number of ether oxygens (including phenoxy) is 2. The average Bonchev–Trinajstić information content (AvgIpc) is 3.26. The van der Waals surface area contributed by atoms with Gasteiger partial charge in [0.15, 0.2) is 22.5 Å². The van der Waals surface area contributed by atoms with Gasteiger partial charge in [-0.2, -0.15) is 8.78 Å². The van der Waals surface area contributed by atoms with Crippen LogP contribution in [-0.2, 0) is 16.1 Å². The molecule has 6 nitrogen and oxygen atoms in total. The first kappa shape index (κ1) is 21.8. The van der Waals surface area contributed by atoms with Gasteiger partial charge in [0.2, 0.25) is 11.6 Å². The van der Waals surface area contributed by atoms with E-state index in [1.165, 1.54) is 23.1 Å². The van der Waals surface area contributed by atoms with Crippen molar-refractivity contribution in [3.05, 3.63) is 58.7 Å². The number of carbonyl (C=O) groups excluding carboxylic acids is 1. The first-order valence-electron chi connectivity index (χ1n) is 8.69. The van der Waals surface area contributed by atoms with Crippen molar-refractivity contribution < 1.29 is 36.2 Å². The van der Waals surface area contributed by atoms with Crippen molar-refractivity contribution in [3.8, 4) is 5.75 Å². The molecule has 0 saturated carbocycles. The van der Waals surface area contributed by atoms with Gasteiger partial charge in [0, 0.05) is 32.4 Å². The topological polar surface area (TPSA) is 63.9 Å². The number of furan rings is 1. The van der Waals surface area contributed by atoms with E-state index in [2.05, 4.69) is 5.32 Å². The van der Waals surface area contributed by atoms with Gasteiger partial charge >= 0.3 is 0 Å². The molecule has 3 rings (SSSR count). The number of carbonyl (C=O) groups is 1. The summed E-state index contributed by atoms with van der Waals surface area (Å²) < 4.78 is 68.9. The number of nitrogens with zero attached hydrogens (tertiary/aromatic N) is 1. The van der Waals surface area contributed by atoms with Crippen LogP contribution in [0.15, 0.2) is 28.3 Å². The zero-order valence-electron chi connectivity index (χ0n) is 15.6. The van der Waals surface area contributed by atoms with E-state index in [9.17, 15) is 22.4 Å². The Labute approximate surface area is 174 Å². The molecule has 2 aromatic rings. The SMILES string of the molecule is COCCCN1C(=O)/C(=C\c2ccc(COc3c(F)c(F)cc(F)c3F)o2)NC1=S. The average molecular weight is 444 g/mol. The monoisotopic (exact) mass is 444 g/mol. The Morgan fingerprint density at radius 3 is 2.57 bits per heavy atom. The van der Waals surface area contributed by atoms with Crippen molar-refractivity contribution in [2.24, 2.45) is 0 Å². The van der Waals surface area contributed by atoms with Crippen LogP contribution in [-0.4, -0.2) is 36.2 Å². The van der Waals surface area contributed by atoms with Gasteiger partial charge in [0.1, 0.15) is 23.8 Å². The van der Waals surface area contributed by atoms with Gasteiger partial charge < -0.3 is 19.2 Å². The van der Waals surface area contributed by atoms with Crippen LogP contribution in [0.4, 0.5) is 17.6 Å². The van der Waals surface area contributed by atoms with E-state index in [0.29, 0.717) is 19.6 Å². The van der Waals surface area contributed by atoms with Crippen molar-refractivity contribution in [3.63, 3.8) is 0 Å². The molecule has 0 aliphatic carbocycles. The van der Waals surface area contributed by atoms with Gasteiger partial charge in [0.25, 0.3) is 5.91 Å². The summed E-state index contributed by atoms with van der Waals surface area (Å²) in [5.41, 5.74) is 0.184. The number of hydrogen-bond acceptors (Lipinski definition) is 5. The fraction of sp³-hybridized carbons (Fsp3) is 0.263. The van der Waals surface area contributed by atoms with Crippen LogP contribution in [0.5, 0.6) is 5.75 Å². The van der Waals surface area contributed by atoms with E-state index in [0.717, 1.165) is 0 Å². The standard InChI is InChI=1S/C19H16F4N2O4S/c1-27-6-2-5-25-18(26)14(24-19(25)30)7-10-3-4-11(29-10)9-28-17-15(22)12(20)8-13(21)16(17)23/h3-4,7-8H,2,5-6,9H2,1H3,(H,24,30)/b14-7+. The Hall–Kier alpha value is -2.92. The molecule has 1 aromatic carbocycles. The third-order valence-corrected chi connectivity index (χ3v) is 4.41. The molecule has 11 heteroatoms. The number of benzene rings is 1. The molecule has 0 radical (unpaired) electrons. The van der Waals surface area contributed by atoms with Gasteiger partial charge in [-0.1, -0.05) is 0 Å². The van der Waals surface area contributed by atoms with Crippen molar-refractivity contribution >= 4 is 29.3 Å². The predicted molar refractivity (Wildman–Crippen MR) is 101 cm³/mol. The lowest BCUT2D eigenvalue weighted by Crippen LogP contribution is -2.32. The molecule has 2 heterocycles. The van der Waals surface area contributed by atoms with Crippen LogP contribution in [0, 0.1) is 23.3 Å². The smallest absolute Gasteiger partial charge is 0.276 e. The largest absolute Gasteiger partial charge is 0.479 e. The zero-order valence-corrected chi connectivity index (χ0v) is 16.5. The van der Waals surface area contributed by atoms with Crippen molar-refractivity contribution in [2.75, 3.05) is 20.3 Å². The minimum absolute atomic E-state index is 0.0866. The molecular weight excluding hydrogens is 428 g/mol. The van der Waals surface area contributed by atoms with Gasteiger partial charge in [-0.05, 0) is 30.8 Å². The third-order valence-electron chi connectivity index (χ3n) is 4.09. The second-order valence-electron chi connectivity index (χ2n) is 6.18. The summed E-state index contributed by atoms with van der Waals surface area (Å²) in [5, 5.41) is 3.02. The van der Waals surface area contributed by atoms with Crippen LogP contribution < -0.4 is 10.1 Å². The summed E-state index contributed by atoms with van der Waals surface area (Å²) in [6.07, 6.45) is 2.00. The summed E-state index contributed by atoms with van der Waals surface area (Å²) in [4.78, 5) is 13.8. The number of nitrogens with one attached hydrogen (secondary N) is 1. The van der Waals surface area contributed by atoms with Crippen LogP contribution in [0.25, 0.3) is 6.08 Å². The fourth-order valence-electron chi connectivity index (χ4n) is 2.65. The lowest BCUT2D eigenvalue weighted by Gasteiger charge is -2.12. The Bertz CT molecular complexity index is 982. The van der Waals surface area contributed by atoms with E-state index in [1.54, 1.807) is 7.11 Å². The third kappa shape index (κ3) is 4.62. The first-order chi connectivity index (χ1) is 14.3. The maximum Gasteiger partial charge on any atom is 0.276 e. The first-order valence-corrected chi connectivity index (χ1v) is 9.10. The van der Waals surface area contributed by atoms with Gasteiger partial charge in [-0.15, -0.1) is 0 Å². The number of hydrogen-bond donors (Lipinski definition) is 1. The van der Waals surface area contributed by atoms with E-state index >= 15 is 0 Å². The van der Waals surface area contributed by atoms with Crippen LogP contribution in [0.2, 0.25) is 0 Å². The summed E-state index contributed by atoms with van der Waals surface area (Å²) >= 11 is 5.14. The maximum atomic E-state index is 13.6. The highest BCUT2D eigenvalue weighted by atomic mass is 32.1. The summed E-state index contributed by atoms with van der Waals surface area (Å²) in [6.45, 7) is 0.362. The second kappa shape index (κ2) is 9.26. The number of halogens is 4. The van der Waals surface area contributed by atoms with E-state index < -0.39 is 35.6 Å². The van der Waals surface area contributed by atoms with Crippen LogP contribution in [0.3, 0.4) is 0 Å².